The molecule has 0 bridgehead atoms. The highest BCUT2D eigenvalue weighted by Gasteiger charge is 2.39. The SMILES string of the molecule is CCOc1ccc(C2Nc3c(C(=O)NCCc4ccccc4)cccc3C3C=CCC32)cc1. The second-order valence-electron chi connectivity index (χ2n) is 8.74. The van der Waals surface area contributed by atoms with Gasteiger partial charge in [0.05, 0.1) is 23.9 Å². The molecule has 2 N–H and O–H groups in total. The molecule has 0 radical (unpaired) electrons. The third kappa shape index (κ3) is 4.38. The van der Waals surface area contributed by atoms with Gasteiger partial charge in [-0.1, -0.05) is 66.7 Å². The van der Waals surface area contributed by atoms with Crippen molar-refractivity contribution in [3.63, 3.8) is 0 Å². The predicted octanol–water partition coefficient (Wildman–Crippen LogP) is 5.88. The fourth-order valence-corrected chi connectivity index (χ4v) is 5.14. The van der Waals surface area contributed by atoms with Gasteiger partial charge in [-0.05, 0) is 60.6 Å². The molecule has 2 aliphatic rings. The topological polar surface area (TPSA) is 50.4 Å². The average Bonchev–Trinajstić information content (AvgIpc) is 3.35. The number of hydrogen-bond donors (Lipinski definition) is 2. The van der Waals surface area contributed by atoms with Crippen LogP contribution in [0.1, 0.15) is 52.4 Å². The van der Waals surface area contributed by atoms with E-state index in [4.69, 9.17) is 4.74 Å². The van der Waals surface area contributed by atoms with Gasteiger partial charge in [0.25, 0.3) is 5.91 Å². The normalized spacial score (nSPS) is 20.5. The molecular weight excluding hydrogens is 408 g/mol. The number of carbonyl (C=O) groups is 1. The first-order chi connectivity index (χ1) is 16.2. The van der Waals surface area contributed by atoms with Crippen molar-refractivity contribution in [1.82, 2.24) is 5.32 Å². The van der Waals surface area contributed by atoms with E-state index in [2.05, 4.69) is 53.1 Å². The third-order valence-electron chi connectivity index (χ3n) is 6.73. The zero-order chi connectivity index (χ0) is 22.6. The van der Waals surface area contributed by atoms with Crippen LogP contribution in [0.5, 0.6) is 5.75 Å². The number of allylic oxidation sites excluding steroid dienone is 2. The van der Waals surface area contributed by atoms with E-state index in [9.17, 15) is 4.79 Å². The second-order valence-corrected chi connectivity index (χ2v) is 8.74. The minimum absolute atomic E-state index is 0.0267. The molecule has 0 spiro atoms. The van der Waals surface area contributed by atoms with Crippen molar-refractivity contribution in [1.29, 1.82) is 0 Å². The zero-order valence-corrected chi connectivity index (χ0v) is 19.0. The van der Waals surface area contributed by atoms with Crippen LogP contribution in [0.3, 0.4) is 0 Å². The minimum atomic E-state index is -0.0267. The molecule has 1 aliphatic heterocycles. The van der Waals surface area contributed by atoms with Crippen LogP contribution in [0.15, 0.2) is 84.9 Å². The highest BCUT2D eigenvalue weighted by Crippen LogP contribution is 2.50. The van der Waals surface area contributed by atoms with E-state index in [0.717, 1.165) is 29.8 Å². The van der Waals surface area contributed by atoms with Gasteiger partial charge in [-0.15, -0.1) is 0 Å². The van der Waals surface area contributed by atoms with Gasteiger partial charge in [0, 0.05) is 12.5 Å². The number of carbonyl (C=O) groups excluding carboxylic acids is 1. The summed E-state index contributed by atoms with van der Waals surface area (Å²) in [6.07, 6.45) is 6.43. The standard InChI is InChI=1S/C29H30N2O2/c1-2-33-22-16-14-21(15-17-22)27-24-11-6-10-23(24)25-12-7-13-26(28(25)31-27)29(32)30-19-18-20-8-4-3-5-9-20/h3-10,12-17,23-24,27,31H,2,11,18-19H2,1H3,(H,30,32). The Morgan fingerprint density at radius 1 is 1.03 bits per heavy atom. The van der Waals surface area contributed by atoms with Crippen molar-refractivity contribution in [3.8, 4) is 5.75 Å². The number of rotatable bonds is 7. The van der Waals surface area contributed by atoms with E-state index in [1.165, 1.54) is 16.7 Å². The lowest BCUT2D eigenvalue weighted by Crippen LogP contribution is -2.32. The fraction of sp³-hybridized carbons (Fsp3) is 0.276. The summed E-state index contributed by atoms with van der Waals surface area (Å²) in [6, 6.07) is 24.8. The molecule has 4 heteroatoms. The van der Waals surface area contributed by atoms with E-state index < -0.39 is 0 Å². The van der Waals surface area contributed by atoms with Crippen molar-refractivity contribution in [2.24, 2.45) is 5.92 Å². The van der Waals surface area contributed by atoms with Crippen LogP contribution in [0, 0.1) is 5.92 Å². The van der Waals surface area contributed by atoms with E-state index in [1.807, 2.05) is 49.4 Å². The zero-order valence-electron chi connectivity index (χ0n) is 19.0. The van der Waals surface area contributed by atoms with Gasteiger partial charge in [0.1, 0.15) is 5.75 Å². The molecule has 0 aromatic heterocycles. The molecule has 1 aliphatic carbocycles. The Balaban J connectivity index is 1.38. The molecule has 3 unspecified atom stereocenters. The van der Waals surface area contributed by atoms with Crippen molar-refractivity contribution in [2.75, 3.05) is 18.5 Å². The minimum Gasteiger partial charge on any atom is -0.494 e. The van der Waals surface area contributed by atoms with Crippen molar-refractivity contribution in [3.05, 3.63) is 107 Å². The first-order valence-electron chi connectivity index (χ1n) is 11.9. The predicted molar refractivity (Wildman–Crippen MR) is 133 cm³/mol. The van der Waals surface area contributed by atoms with Gasteiger partial charge in [-0.2, -0.15) is 0 Å². The molecule has 0 fully saturated rings. The Bertz CT molecular complexity index is 1140. The van der Waals surface area contributed by atoms with Crippen LogP contribution in [0.2, 0.25) is 0 Å². The number of nitrogens with one attached hydrogen (secondary N) is 2. The molecule has 1 heterocycles. The van der Waals surface area contributed by atoms with Gasteiger partial charge in [-0.25, -0.2) is 0 Å². The van der Waals surface area contributed by atoms with Crippen LogP contribution >= 0.6 is 0 Å². The van der Waals surface area contributed by atoms with Gasteiger partial charge in [0.15, 0.2) is 0 Å². The second kappa shape index (κ2) is 9.53. The average molecular weight is 439 g/mol. The molecule has 33 heavy (non-hydrogen) atoms. The third-order valence-corrected chi connectivity index (χ3v) is 6.73. The summed E-state index contributed by atoms with van der Waals surface area (Å²) in [6.45, 7) is 3.27. The molecule has 0 saturated carbocycles. The lowest BCUT2D eigenvalue weighted by Gasteiger charge is -2.38. The number of fused-ring (bicyclic) bond motifs is 3. The smallest absolute Gasteiger partial charge is 0.253 e. The summed E-state index contributed by atoms with van der Waals surface area (Å²) in [4.78, 5) is 13.2. The molecule has 3 atom stereocenters. The Morgan fingerprint density at radius 3 is 2.64 bits per heavy atom. The molecule has 0 saturated heterocycles. The number of para-hydroxylation sites is 1. The number of hydrogen-bond acceptors (Lipinski definition) is 3. The summed E-state index contributed by atoms with van der Waals surface area (Å²) in [7, 11) is 0. The van der Waals surface area contributed by atoms with E-state index in [1.54, 1.807) is 0 Å². The lowest BCUT2D eigenvalue weighted by molar-refractivity contribution is 0.0954. The highest BCUT2D eigenvalue weighted by molar-refractivity contribution is 6.00. The Kier molecular flexibility index (Phi) is 6.16. The largest absolute Gasteiger partial charge is 0.494 e. The maximum Gasteiger partial charge on any atom is 0.253 e. The number of anilines is 1. The van der Waals surface area contributed by atoms with Crippen LogP contribution in [-0.4, -0.2) is 19.1 Å². The molecule has 4 nitrogen and oxygen atoms in total. The van der Waals surface area contributed by atoms with Gasteiger partial charge in [0.2, 0.25) is 0 Å². The molecule has 5 rings (SSSR count). The Morgan fingerprint density at radius 2 is 1.85 bits per heavy atom. The highest BCUT2D eigenvalue weighted by atomic mass is 16.5. The van der Waals surface area contributed by atoms with Gasteiger partial charge >= 0.3 is 0 Å². The molecule has 1 amide bonds. The van der Waals surface area contributed by atoms with Crippen LogP contribution < -0.4 is 15.4 Å². The van der Waals surface area contributed by atoms with Crippen molar-refractivity contribution >= 4 is 11.6 Å². The number of benzene rings is 3. The summed E-state index contributed by atoms with van der Waals surface area (Å²) in [5.74, 6) is 1.61. The Labute approximate surface area is 195 Å². The Hall–Kier alpha value is -3.53. The summed E-state index contributed by atoms with van der Waals surface area (Å²) in [5, 5.41) is 6.87. The van der Waals surface area contributed by atoms with Crippen molar-refractivity contribution < 1.29 is 9.53 Å². The van der Waals surface area contributed by atoms with Gasteiger partial charge < -0.3 is 15.4 Å². The molecule has 168 valence electrons. The van der Waals surface area contributed by atoms with E-state index in [-0.39, 0.29) is 11.9 Å². The first kappa shape index (κ1) is 21.3. The monoisotopic (exact) mass is 438 g/mol. The van der Waals surface area contributed by atoms with E-state index in [0.29, 0.717) is 25.0 Å². The molecule has 3 aromatic rings. The van der Waals surface area contributed by atoms with Crippen LogP contribution in [0.25, 0.3) is 0 Å². The molecular formula is C29H30N2O2. The summed E-state index contributed by atoms with van der Waals surface area (Å²) in [5.41, 5.74) is 5.34. The number of ether oxygens (including phenoxy) is 1. The lowest BCUT2D eigenvalue weighted by atomic mass is 9.76. The van der Waals surface area contributed by atoms with Crippen molar-refractivity contribution in [2.45, 2.75) is 31.7 Å². The van der Waals surface area contributed by atoms with E-state index >= 15 is 0 Å². The van der Waals surface area contributed by atoms with Crippen LogP contribution in [0.4, 0.5) is 5.69 Å². The maximum atomic E-state index is 13.2. The summed E-state index contributed by atoms with van der Waals surface area (Å²) >= 11 is 0. The fourth-order valence-electron chi connectivity index (χ4n) is 5.14. The van der Waals surface area contributed by atoms with Gasteiger partial charge in [-0.3, -0.25) is 4.79 Å². The van der Waals surface area contributed by atoms with Crippen LogP contribution in [-0.2, 0) is 6.42 Å². The number of amides is 1. The first-order valence-corrected chi connectivity index (χ1v) is 11.9. The maximum absolute atomic E-state index is 13.2. The quantitative estimate of drug-likeness (QED) is 0.453. The summed E-state index contributed by atoms with van der Waals surface area (Å²) < 4.78 is 5.63. The molecule has 3 aromatic carbocycles.